The number of sulfonamides is 1. The Morgan fingerprint density at radius 1 is 1.21 bits per heavy atom. The van der Waals surface area contributed by atoms with Crippen LogP contribution in [0.4, 0.5) is 5.69 Å². The van der Waals surface area contributed by atoms with Crippen molar-refractivity contribution in [3.8, 4) is 0 Å². The molecular formula is C19H23N3O5S. The van der Waals surface area contributed by atoms with E-state index >= 15 is 0 Å². The Balaban J connectivity index is 1.90. The number of nitrogens with zero attached hydrogens (tertiary/aromatic N) is 2. The highest BCUT2D eigenvalue weighted by molar-refractivity contribution is 7.89. The van der Waals surface area contributed by atoms with Gasteiger partial charge in [0, 0.05) is 20.0 Å². The van der Waals surface area contributed by atoms with Gasteiger partial charge in [0.05, 0.1) is 18.1 Å². The van der Waals surface area contributed by atoms with E-state index in [9.17, 15) is 13.2 Å². The van der Waals surface area contributed by atoms with E-state index in [2.05, 4.69) is 10.5 Å². The number of amides is 1. The number of aryl methyl sites for hydroxylation is 2. The molecule has 3 rings (SSSR count). The van der Waals surface area contributed by atoms with Crippen LogP contribution < -0.4 is 5.32 Å². The summed E-state index contributed by atoms with van der Waals surface area (Å²) in [5.74, 6) is 0.168. The Morgan fingerprint density at radius 2 is 1.93 bits per heavy atom. The Morgan fingerprint density at radius 3 is 2.61 bits per heavy atom. The minimum absolute atomic E-state index is 0.227. The molecule has 1 aromatic carbocycles. The molecular weight excluding hydrogens is 382 g/mol. The predicted molar refractivity (Wildman–Crippen MR) is 105 cm³/mol. The number of nitrogens with one attached hydrogen (secondary N) is 1. The normalized spacial score (nSPS) is 15.8. The minimum Gasteiger partial charge on any atom is -0.379 e. The first-order valence-corrected chi connectivity index (χ1v) is 10.3. The van der Waals surface area contributed by atoms with Crippen LogP contribution in [0.15, 0.2) is 27.6 Å². The molecule has 0 spiro atoms. The minimum atomic E-state index is -3.59. The molecule has 2 aromatic rings. The van der Waals surface area contributed by atoms with Crippen LogP contribution in [-0.4, -0.2) is 50.1 Å². The number of hydrogen-bond acceptors (Lipinski definition) is 6. The van der Waals surface area contributed by atoms with Gasteiger partial charge in [-0.3, -0.25) is 4.79 Å². The van der Waals surface area contributed by atoms with Crippen molar-refractivity contribution in [3.63, 3.8) is 0 Å². The first kappa shape index (κ1) is 20.2. The van der Waals surface area contributed by atoms with Crippen molar-refractivity contribution < 1.29 is 22.5 Å². The molecule has 0 unspecified atom stereocenters. The zero-order valence-electron chi connectivity index (χ0n) is 16.1. The van der Waals surface area contributed by atoms with Gasteiger partial charge in [-0.15, -0.1) is 0 Å². The summed E-state index contributed by atoms with van der Waals surface area (Å²) < 4.78 is 37.9. The van der Waals surface area contributed by atoms with Crippen molar-refractivity contribution in [1.82, 2.24) is 9.46 Å². The zero-order valence-corrected chi connectivity index (χ0v) is 16.9. The molecule has 28 heavy (non-hydrogen) atoms. The molecule has 0 saturated carbocycles. The lowest BCUT2D eigenvalue weighted by Gasteiger charge is -2.26. The molecule has 0 atom stereocenters. The number of anilines is 1. The number of morpholine rings is 1. The summed E-state index contributed by atoms with van der Waals surface area (Å²) >= 11 is 0. The SMILES string of the molecule is CC(=O)Nc1c(C)noc1/C=C\c1ccc(C)c(S(=O)(=O)N2CCOCC2)c1. The molecule has 8 nitrogen and oxygen atoms in total. The molecule has 1 aromatic heterocycles. The van der Waals surface area contributed by atoms with Crippen LogP contribution in [0.25, 0.3) is 12.2 Å². The first-order chi connectivity index (χ1) is 13.3. The van der Waals surface area contributed by atoms with E-state index < -0.39 is 10.0 Å². The highest BCUT2D eigenvalue weighted by Gasteiger charge is 2.27. The van der Waals surface area contributed by atoms with E-state index in [0.29, 0.717) is 54.6 Å². The standard InChI is InChI=1S/C19H23N3O5S/c1-13-4-5-16(6-7-17-19(20-15(3)23)14(2)21-27-17)12-18(13)28(24,25)22-8-10-26-11-9-22/h4-7,12H,8-11H2,1-3H3,(H,20,23)/b7-6-. The molecule has 1 saturated heterocycles. The predicted octanol–water partition coefficient (Wildman–Crippen LogP) is 2.44. The maximum absolute atomic E-state index is 13.0. The van der Waals surface area contributed by atoms with Crippen LogP contribution in [0.5, 0.6) is 0 Å². The average molecular weight is 405 g/mol. The molecule has 1 fully saturated rings. The van der Waals surface area contributed by atoms with Crippen LogP contribution in [0, 0.1) is 13.8 Å². The highest BCUT2D eigenvalue weighted by Crippen LogP contribution is 2.25. The molecule has 150 valence electrons. The van der Waals surface area contributed by atoms with Gasteiger partial charge in [-0.1, -0.05) is 23.4 Å². The van der Waals surface area contributed by atoms with Crippen LogP contribution in [0.3, 0.4) is 0 Å². The third kappa shape index (κ3) is 4.32. The summed E-state index contributed by atoms with van der Waals surface area (Å²) in [4.78, 5) is 11.6. The molecule has 1 aliphatic heterocycles. The van der Waals surface area contributed by atoms with Gasteiger partial charge in [0.25, 0.3) is 0 Å². The summed E-state index contributed by atoms with van der Waals surface area (Å²) in [6.45, 7) is 6.39. The van der Waals surface area contributed by atoms with Gasteiger partial charge in [-0.05, 0) is 37.1 Å². The fourth-order valence-electron chi connectivity index (χ4n) is 2.93. The third-order valence-electron chi connectivity index (χ3n) is 4.42. The van der Waals surface area contributed by atoms with Gasteiger partial charge in [0.1, 0.15) is 11.4 Å². The quantitative estimate of drug-likeness (QED) is 0.820. The molecule has 9 heteroatoms. The van der Waals surface area contributed by atoms with Crippen LogP contribution >= 0.6 is 0 Å². The van der Waals surface area contributed by atoms with Gasteiger partial charge in [-0.25, -0.2) is 8.42 Å². The average Bonchev–Trinajstić information content (AvgIpc) is 3.01. The Labute approximate surface area is 164 Å². The summed E-state index contributed by atoms with van der Waals surface area (Å²) in [6.07, 6.45) is 3.38. The number of carbonyl (C=O) groups is 1. The van der Waals surface area contributed by atoms with Crippen molar-refractivity contribution in [1.29, 1.82) is 0 Å². The molecule has 1 amide bonds. The number of aromatic nitrogens is 1. The van der Waals surface area contributed by atoms with E-state index in [-0.39, 0.29) is 10.8 Å². The fourth-order valence-corrected chi connectivity index (χ4v) is 4.59. The van der Waals surface area contributed by atoms with Crippen LogP contribution in [-0.2, 0) is 19.6 Å². The van der Waals surface area contributed by atoms with E-state index in [1.807, 2.05) is 6.07 Å². The van der Waals surface area contributed by atoms with Crippen molar-refractivity contribution in [2.24, 2.45) is 0 Å². The van der Waals surface area contributed by atoms with Gasteiger partial charge in [-0.2, -0.15) is 4.31 Å². The Kier molecular flexibility index (Phi) is 5.97. The van der Waals surface area contributed by atoms with Gasteiger partial charge in [0.15, 0.2) is 5.76 Å². The molecule has 2 heterocycles. The molecule has 0 radical (unpaired) electrons. The van der Waals surface area contributed by atoms with E-state index in [0.717, 1.165) is 0 Å². The molecule has 1 N–H and O–H groups in total. The zero-order chi connectivity index (χ0) is 20.3. The maximum Gasteiger partial charge on any atom is 0.243 e. The van der Waals surface area contributed by atoms with Crippen molar-refractivity contribution in [2.75, 3.05) is 31.6 Å². The number of ether oxygens (including phenoxy) is 1. The lowest BCUT2D eigenvalue weighted by atomic mass is 10.1. The van der Waals surface area contributed by atoms with Gasteiger partial charge >= 0.3 is 0 Å². The lowest BCUT2D eigenvalue weighted by Crippen LogP contribution is -2.40. The Hall–Kier alpha value is -2.49. The first-order valence-electron chi connectivity index (χ1n) is 8.89. The number of rotatable bonds is 5. The Bertz CT molecular complexity index is 1000. The number of benzene rings is 1. The largest absolute Gasteiger partial charge is 0.379 e. The van der Waals surface area contributed by atoms with Crippen molar-refractivity contribution >= 4 is 33.8 Å². The lowest BCUT2D eigenvalue weighted by molar-refractivity contribution is -0.114. The summed E-state index contributed by atoms with van der Waals surface area (Å²) in [6, 6.07) is 5.23. The van der Waals surface area contributed by atoms with E-state index in [1.165, 1.54) is 11.2 Å². The monoisotopic (exact) mass is 405 g/mol. The molecule has 0 bridgehead atoms. The maximum atomic E-state index is 13.0. The second-order valence-electron chi connectivity index (χ2n) is 6.56. The van der Waals surface area contributed by atoms with Crippen molar-refractivity contribution in [2.45, 2.75) is 25.7 Å². The highest BCUT2D eigenvalue weighted by atomic mass is 32.2. The molecule has 0 aliphatic carbocycles. The van der Waals surface area contributed by atoms with E-state index in [4.69, 9.17) is 9.26 Å². The van der Waals surface area contributed by atoms with Gasteiger partial charge in [0.2, 0.25) is 15.9 Å². The molecule has 1 aliphatic rings. The summed E-state index contributed by atoms with van der Waals surface area (Å²) in [5.41, 5.74) is 2.43. The smallest absolute Gasteiger partial charge is 0.243 e. The summed E-state index contributed by atoms with van der Waals surface area (Å²) in [7, 11) is -3.59. The van der Waals surface area contributed by atoms with Gasteiger partial charge < -0.3 is 14.6 Å². The third-order valence-corrected chi connectivity index (χ3v) is 6.46. The van der Waals surface area contributed by atoms with Crippen LogP contribution in [0.2, 0.25) is 0 Å². The van der Waals surface area contributed by atoms with Crippen molar-refractivity contribution in [3.05, 3.63) is 40.8 Å². The second kappa shape index (κ2) is 8.26. The summed E-state index contributed by atoms with van der Waals surface area (Å²) in [5, 5.41) is 6.54. The fraction of sp³-hybridized carbons (Fsp3) is 0.368. The van der Waals surface area contributed by atoms with E-state index in [1.54, 1.807) is 38.1 Å². The number of carbonyl (C=O) groups excluding carboxylic acids is 1. The second-order valence-corrected chi connectivity index (χ2v) is 8.47. The van der Waals surface area contributed by atoms with Crippen LogP contribution in [0.1, 0.15) is 29.5 Å². The number of hydrogen-bond donors (Lipinski definition) is 1. The topological polar surface area (TPSA) is 102 Å².